The van der Waals surface area contributed by atoms with Crippen LogP contribution in [0.2, 0.25) is 0 Å². The van der Waals surface area contributed by atoms with Gasteiger partial charge in [-0.05, 0) is 67.7 Å². The van der Waals surface area contributed by atoms with Crippen LogP contribution in [0.15, 0.2) is 55.2 Å². The first-order chi connectivity index (χ1) is 21.5. The molecule has 0 saturated heterocycles. The standard InChI is InChI=1S/C34H43N7O3/c1-2-8-27-33-40-39-32(41(33)21-29(37-27)25-12-7-16-36-20-25)26(17-23-11-6-15-35-19-23)34(44)38-28(18-22-9-4-3-5-10-22)31(43)30(42)24-13-14-24/h6-7,11-12,15-16,19-22,24,26,28,30-31,42-43H,2-5,8-10,13-14,17-18H2,1H3,(H,38,44). The summed E-state index contributed by atoms with van der Waals surface area (Å²) in [5.41, 5.74) is 3.92. The summed E-state index contributed by atoms with van der Waals surface area (Å²) in [5.74, 6) is 0.0397. The highest BCUT2D eigenvalue weighted by molar-refractivity contribution is 5.83. The van der Waals surface area contributed by atoms with Crippen molar-refractivity contribution < 1.29 is 15.0 Å². The van der Waals surface area contributed by atoms with Crippen LogP contribution in [0.1, 0.15) is 87.7 Å². The van der Waals surface area contributed by atoms with E-state index in [0.717, 1.165) is 67.5 Å². The molecule has 0 bridgehead atoms. The first-order valence-corrected chi connectivity index (χ1v) is 16.2. The molecule has 2 aliphatic carbocycles. The van der Waals surface area contributed by atoms with Gasteiger partial charge in [0, 0.05) is 36.5 Å². The van der Waals surface area contributed by atoms with Crippen molar-refractivity contribution in [3.05, 3.63) is 72.3 Å². The van der Waals surface area contributed by atoms with Gasteiger partial charge in [0.25, 0.3) is 0 Å². The second-order valence-electron chi connectivity index (χ2n) is 12.6. The maximum Gasteiger partial charge on any atom is 0.231 e. The first kappa shape index (κ1) is 30.3. The third-order valence-corrected chi connectivity index (χ3v) is 9.23. The highest BCUT2D eigenvalue weighted by Crippen LogP contribution is 2.36. The summed E-state index contributed by atoms with van der Waals surface area (Å²) >= 11 is 0. The van der Waals surface area contributed by atoms with E-state index < -0.39 is 24.2 Å². The molecule has 44 heavy (non-hydrogen) atoms. The fourth-order valence-corrected chi connectivity index (χ4v) is 6.63. The van der Waals surface area contributed by atoms with Crippen LogP contribution in [-0.2, 0) is 17.6 Å². The number of aryl methyl sites for hydroxylation is 1. The number of nitrogens with one attached hydrogen (secondary N) is 1. The van der Waals surface area contributed by atoms with Crippen molar-refractivity contribution in [2.75, 3.05) is 0 Å². The summed E-state index contributed by atoms with van der Waals surface area (Å²) in [6, 6.07) is 7.09. The summed E-state index contributed by atoms with van der Waals surface area (Å²) in [5, 5.41) is 34.7. The molecule has 0 radical (unpaired) electrons. The second kappa shape index (κ2) is 13.9. The Hall–Kier alpha value is -3.76. The Morgan fingerprint density at radius 3 is 2.48 bits per heavy atom. The van der Waals surface area contributed by atoms with Crippen LogP contribution in [0.5, 0.6) is 0 Å². The van der Waals surface area contributed by atoms with Crippen LogP contribution in [0, 0.1) is 11.8 Å². The van der Waals surface area contributed by atoms with Gasteiger partial charge in [0.1, 0.15) is 17.8 Å². The molecule has 4 atom stereocenters. The number of rotatable bonds is 13. The number of amides is 1. The Morgan fingerprint density at radius 1 is 1.02 bits per heavy atom. The molecule has 4 aromatic rings. The van der Waals surface area contributed by atoms with Gasteiger partial charge in [-0.3, -0.25) is 19.2 Å². The summed E-state index contributed by atoms with van der Waals surface area (Å²) in [6.45, 7) is 2.10. The Morgan fingerprint density at radius 2 is 1.80 bits per heavy atom. The molecule has 10 heteroatoms. The Balaban J connectivity index is 1.37. The molecule has 6 rings (SSSR count). The molecule has 10 nitrogen and oxygen atoms in total. The largest absolute Gasteiger partial charge is 0.390 e. The van der Waals surface area contributed by atoms with Gasteiger partial charge in [-0.25, -0.2) is 4.98 Å². The quantitative estimate of drug-likeness (QED) is 0.206. The molecule has 4 aromatic heterocycles. The van der Waals surface area contributed by atoms with Crippen molar-refractivity contribution in [3.8, 4) is 11.3 Å². The molecule has 4 unspecified atom stereocenters. The van der Waals surface area contributed by atoms with Crippen molar-refractivity contribution in [1.82, 2.24) is 34.9 Å². The lowest BCUT2D eigenvalue weighted by Gasteiger charge is -2.33. The predicted molar refractivity (Wildman–Crippen MR) is 167 cm³/mol. The molecule has 2 aliphatic rings. The average molecular weight is 598 g/mol. The Bertz CT molecular complexity index is 1520. The van der Waals surface area contributed by atoms with Gasteiger partial charge >= 0.3 is 0 Å². The van der Waals surface area contributed by atoms with Gasteiger partial charge in [-0.1, -0.05) is 51.5 Å². The van der Waals surface area contributed by atoms with E-state index in [-0.39, 0.29) is 11.8 Å². The van der Waals surface area contributed by atoms with E-state index >= 15 is 0 Å². The van der Waals surface area contributed by atoms with E-state index in [0.29, 0.717) is 36.7 Å². The van der Waals surface area contributed by atoms with Crippen molar-refractivity contribution in [1.29, 1.82) is 0 Å². The van der Waals surface area contributed by atoms with Crippen molar-refractivity contribution in [3.63, 3.8) is 0 Å². The number of fused-ring (bicyclic) bond motifs is 1. The zero-order chi connectivity index (χ0) is 30.5. The van der Waals surface area contributed by atoms with Crippen LogP contribution in [0.4, 0.5) is 0 Å². The van der Waals surface area contributed by atoms with E-state index in [1.165, 1.54) is 6.42 Å². The van der Waals surface area contributed by atoms with E-state index in [9.17, 15) is 15.0 Å². The maximum atomic E-state index is 14.4. The molecule has 1 amide bonds. The minimum Gasteiger partial charge on any atom is -0.390 e. The minimum absolute atomic E-state index is 0.0952. The lowest BCUT2D eigenvalue weighted by molar-refractivity contribution is -0.125. The number of nitrogens with zero attached hydrogens (tertiary/aromatic N) is 6. The van der Waals surface area contributed by atoms with Crippen LogP contribution in [-0.4, -0.2) is 63.9 Å². The van der Waals surface area contributed by atoms with Crippen LogP contribution < -0.4 is 5.32 Å². The van der Waals surface area contributed by atoms with Gasteiger partial charge in [0.15, 0.2) is 5.65 Å². The summed E-state index contributed by atoms with van der Waals surface area (Å²) < 4.78 is 1.90. The lowest BCUT2D eigenvalue weighted by atomic mass is 9.82. The molecular formula is C34H43N7O3. The van der Waals surface area contributed by atoms with E-state index in [2.05, 4.69) is 32.4 Å². The van der Waals surface area contributed by atoms with E-state index in [1.807, 2.05) is 34.9 Å². The zero-order valence-electron chi connectivity index (χ0n) is 25.4. The fourth-order valence-electron chi connectivity index (χ4n) is 6.63. The number of pyridine rings is 2. The van der Waals surface area contributed by atoms with Gasteiger partial charge in [0.2, 0.25) is 5.91 Å². The van der Waals surface area contributed by atoms with Crippen molar-refractivity contribution in [2.45, 2.75) is 102 Å². The molecule has 232 valence electrons. The minimum atomic E-state index is -1.03. The lowest BCUT2D eigenvalue weighted by Crippen LogP contribution is -2.51. The number of aliphatic hydroxyl groups excluding tert-OH is 2. The topological polar surface area (TPSA) is 138 Å². The third kappa shape index (κ3) is 6.97. The highest BCUT2D eigenvalue weighted by atomic mass is 16.3. The van der Waals surface area contributed by atoms with E-state index in [4.69, 9.17) is 4.98 Å². The number of carbonyl (C=O) groups is 1. The SMILES string of the molecule is CCCc1nc(-c2cccnc2)cn2c(C(Cc3cccnc3)C(=O)NC(CC3CCCCC3)C(O)C(O)C3CC3)nnc12. The normalized spacial score (nSPS) is 18.5. The number of hydrogen-bond donors (Lipinski definition) is 3. The molecule has 0 spiro atoms. The predicted octanol–water partition coefficient (Wildman–Crippen LogP) is 4.45. The fraction of sp³-hybridized carbons (Fsp3) is 0.529. The summed E-state index contributed by atoms with van der Waals surface area (Å²) in [4.78, 5) is 27.9. The zero-order valence-corrected chi connectivity index (χ0v) is 25.4. The number of hydrogen-bond acceptors (Lipinski definition) is 8. The van der Waals surface area contributed by atoms with Crippen molar-refractivity contribution in [2.24, 2.45) is 11.8 Å². The van der Waals surface area contributed by atoms with E-state index in [1.54, 1.807) is 24.8 Å². The summed E-state index contributed by atoms with van der Waals surface area (Å²) in [7, 11) is 0. The van der Waals surface area contributed by atoms with Crippen molar-refractivity contribution >= 4 is 11.6 Å². The van der Waals surface area contributed by atoms with Crippen LogP contribution >= 0.6 is 0 Å². The Kier molecular flexibility index (Phi) is 9.57. The number of aromatic nitrogens is 6. The Labute approximate surface area is 258 Å². The molecule has 0 aromatic carbocycles. The molecule has 2 saturated carbocycles. The molecule has 4 heterocycles. The molecule has 0 aliphatic heterocycles. The molecular weight excluding hydrogens is 554 g/mol. The van der Waals surface area contributed by atoms with Gasteiger partial charge in [-0.2, -0.15) is 0 Å². The van der Waals surface area contributed by atoms with Gasteiger partial charge in [-0.15, -0.1) is 10.2 Å². The second-order valence-corrected chi connectivity index (χ2v) is 12.6. The number of carbonyl (C=O) groups excluding carboxylic acids is 1. The third-order valence-electron chi connectivity index (χ3n) is 9.23. The number of aliphatic hydroxyl groups is 2. The molecule has 2 fully saturated rings. The smallest absolute Gasteiger partial charge is 0.231 e. The maximum absolute atomic E-state index is 14.4. The van der Waals surface area contributed by atoms with Gasteiger partial charge in [0.05, 0.1) is 23.5 Å². The average Bonchev–Trinajstić information content (AvgIpc) is 3.83. The van der Waals surface area contributed by atoms with Crippen LogP contribution in [0.25, 0.3) is 16.9 Å². The van der Waals surface area contributed by atoms with Crippen LogP contribution in [0.3, 0.4) is 0 Å². The monoisotopic (exact) mass is 597 g/mol. The highest BCUT2D eigenvalue weighted by Gasteiger charge is 2.40. The first-order valence-electron chi connectivity index (χ1n) is 16.2. The summed E-state index contributed by atoms with van der Waals surface area (Å²) in [6.07, 6.45) is 17.1. The molecule has 3 N–H and O–H groups in total. The van der Waals surface area contributed by atoms with Gasteiger partial charge < -0.3 is 15.5 Å².